The van der Waals surface area contributed by atoms with Crippen LogP contribution in [0.2, 0.25) is 0 Å². The van der Waals surface area contributed by atoms with Crippen molar-refractivity contribution in [2.45, 2.75) is 37.0 Å². The van der Waals surface area contributed by atoms with Crippen LogP contribution in [0.4, 0.5) is 10.2 Å². The first kappa shape index (κ1) is 23.7. The molecule has 2 atom stereocenters. The Balaban J connectivity index is 1.79. The molecule has 31 heavy (non-hydrogen) atoms. The number of aliphatic hydroxyl groups is 2. The van der Waals surface area contributed by atoms with Crippen LogP contribution in [0.15, 0.2) is 35.5 Å². The maximum Gasteiger partial charge on any atom is 0.302 e. The number of benzene rings is 1. The lowest BCUT2D eigenvalue weighted by Crippen LogP contribution is -2.50. The zero-order chi connectivity index (χ0) is 22.6. The van der Waals surface area contributed by atoms with E-state index in [4.69, 9.17) is 9.84 Å². The van der Waals surface area contributed by atoms with Crippen molar-refractivity contribution in [1.82, 2.24) is 14.3 Å². The summed E-state index contributed by atoms with van der Waals surface area (Å²) in [6.07, 6.45) is -1.91. The lowest BCUT2D eigenvalue weighted by molar-refractivity contribution is 0.00599. The lowest BCUT2D eigenvalue weighted by atomic mass is 10.1. The van der Waals surface area contributed by atoms with Crippen molar-refractivity contribution in [3.8, 4) is 5.88 Å². The van der Waals surface area contributed by atoms with Crippen LogP contribution in [0.3, 0.4) is 0 Å². The summed E-state index contributed by atoms with van der Waals surface area (Å²) in [5, 5.41) is 19.1. The molecule has 0 spiro atoms. The monoisotopic (exact) mass is 472 g/mol. The van der Waals surface area contributed by atoms with Crippen LogP contribution >= 0.6 is 11.8 Å². The quantitative estimate of drug-likeness (QED) is 0.352. The zero-order valence-corrected chi connectivity index (χ0v) is 18.7. The minimum atomic E-state index is -3.77. The van der Waals surface area contributed by atoms with Crippen LogP contribution in [-0.2, 0) is 16.0 Å². The summed E-state index contributed by atoms with van der Waals surface area (Å²) in [6.45, 7) is 3.87. The Morgan fingerprint density at radius 2 is 2.00 bits per heavy atom. The van der Waals surface area contributed by atoms with Gasteiger partial charge in [0.15, 0.2) is 5.16 Å². The van der Waals surface area contributed by atoms with Crippen molar-refractivity contribution >= 4 is 27.8 Å². The van der Waals surface area contributed by atoms with Gasteiger partial charge in [-0.25, -0.2) is 9.37 Å². The molecule has 0 bridgehead atoms. The molecule has 2 aromatic rings. The number of nitrogens with zero attached hydrogens (tertiary/aromatic N) is 3. The Hall–Kier alpha value is -1.99. The fourth-order valence-corrected chi connectivity index (χ4v) is 4.97. The van der Waals surface area contributed by atoms with E-state index >= 15 is 0 Å². The topological polar surface area (TPSA) is 125 Å². The van der Waals surface area contributed by atoms with Crippen molar-refractivity contribution in [3.63, 3.8) is 0 Å². The number of aromatic nitrogens is 2. The molecule has 2 heterocycles. The Labute approximate surface area is 184 Å². The molecule has 1 saturated heterocycles. The number of halogens is 1. The van der Waals surface area contributed by atoms with E-state index in [1.54, 1.807) is 19.1 Å². The van der Waals surface area contributed by atoms with E-state index in [0.29, 0.717) is 24.8 Å². The van der Waals surface area contributed by atoms with E-state index in [2.05, 4.69) is 14.7 Å². The van der Waals surface area contributed by atoms with Gasteiger partial charge in [-0.05, 0) is 30.5 Å². The average molecular weight is 473 g/mol. The highest BCUT2D eigenvalue weighted by Crippen LogP contribution is 2.27. The second kappa shape index (κ2) is 10.1. The van der Waals surface area contributed by atoms with Gasteiger partial charge in [0.05, 0.1) is 6.61 Å². The molecule has 0 radical (unpaired) electrons. The summed E-state index contributed by atoms with van der Waals surface area (Å²) in [7, 11) is -3.77. The predicted molar refractivity (Wildman–Crippen MR) is 114 cm³/mol. The molecular weight excluding hydrogens is 447 g/mol. The minimum absolute atomic E-state index is 0.0249. The highest BCUT2D eigenvalue weighted by atomic mass is 32.2. The minimum Gasteiger partial charge on any atom is -0.472 e. The zero-order valence-electron chi connectivity index (χ0n) is 17.1. The molecule has 1 unspecified atom stereocenters. The average Bonchev–Trinajstić information content (AvgIpc) is 2.69. The van der Waals surface area contributed by atoms with E-state index in [-0.39, 0.29) is 22.7 Å². The first-order valence-electron chi connectivity index (χ1n) is 9.66. The van der Waals surface area contributed by atoms with E-state index < -0.39 is 29.0 Å². The van der Waals surface area contributed by atoms with Gasteiger partial charge in [-0.1, -0.05) is 30.8 Å². The predicted octanol–water partition coefficient (Wildman–Crippen LogP) is 1.64. The third-order valence-electron chi connectivity index (χ3n) is 4.60. The van der Waals surface area contributed by atoms with Crippen LogP contribution < -0.4 is 9.46 Å². The maximum atomic E-state index is 13.1. The molecule has 12 heteroatoms. The Kier molecular flexibility index (Phi) is 7.70. The second-order valence-corrected chi connectivity index (χ2v) is 10.0. The van der Waals surface area contributed by atoms with Gasteiger partial charge in [-0.15, -0.1) is 0 Å². The molecule has 0 amide bonds. The van der Waals surface area contributed by atoms with Gasteiger partial charge in [0.2, 0.25) is 5.88 Å². The van der Waals surface area contributed by atoms with Crippen LogP contribution in [0, 0.1) is 11.7 Å². The molecule has 1 fully saturated rings. The fraction of sp³-hybridized carbons (Fsp3) is 0.474. The number of ether oxygens (including phenoxy) is 1. The summed E-state index contributed by atoms with van der Waals surface area (Å²) in [5.41, 5.74) is 0.835. The second-order valence-electron chi connectivity index (χ2n) is 7.39. The fourth-order valence-electron chi connectivity index (χ4n) is 2.76. The summed E-state index contributed by atoms with van der Waals surface area (Å²) >= 11 is 1.22. The molecule has 3 N–H and O–H groups in total. The van der Waals surface area contributed by atoms with E-state index in [1.165, 1.54) is 34.3 Å². The van der Waals surface area contributed by atoms with Gasteiger partial charge in [0.1, 0.15) is 23.8 Å². The number of hydrogen-bond acceptors (Lipinski definition) is 8. The molecule has 1 aromatic heterocycles. The maximum absolute atomic E-state index is 13.1. The Morgan fingerprint density at radius 1 is 1.32 bits per heavy atom. The third kappa shape index (κ3) is 6.50. The molecule has 0 saturated carbocycles. The molecule has 1 aromatic carbocycles. The van der Waals surface area contributed by atoms with Crippen molar-refractivity contribution < 1.29 is 27.8 Å². The molecule has 170 valence electrons. The SMILES string of the molecule is CC1CN(S(=O)(=O)Nc2cc(O[C@H](C)C(O)CO)nc(SCc3ccc(F)cc3)n2)C1. The first-order chi connectivity index (χ1) is 14.7. The van der Waals surface area contributed by atoms with Gasteiger partial charge < -0.3 is 14.9 Å². The van der Waals surface area contributed by atoms with Crippen molar-refractivity contribution in [2.75, 3.05) is 24.4 Å². The number of anilines is 1. The van der Waals surface area contributed by atoms with Gasteiger partial charge >= 0.3 is 10.2 Å². The standard InChI is InChI=1S/C19H25FN4O5S2/c1-12-8-24(9-12)31(27,28)23-17-7-18(29-13(2)16(26)10-25)22-19(21-17)30-11-14-3-5-15(20)6-4-14/h3-7,12-13,16,25-26H,8-11H2,1-2H3,(H,21,22,23)/t13-,16?/m1/s1. The molecule has 9 nitrogen and oxygen atoms in total. The lowest BCUT2D eigenvalue weighted by Gasteiger charge is -2.35. The highest BCUT2D eigenvalue weighted by Gasteiger charge is 2.33. The van der Waals surface area contributed by atoms with E-state index in [1.807, 2.05) is 6.92 Å². The van der Waals surface area contributed by atoms with Crippen LogP contribution in [0.5, 0.6) is 5.88 Å². The number of rotatable bonds is 10. The Morgan fingerprint density at radius 3 is 2.61 bits per heavy atom. The van der Waals surface area contributed by atoms with Crippen LogP contribution in [-0.4, -0.2) is 64.8 Å². The van der Waals surface area contributed by atoms with E-state index in [0.717, 1.165) is 5.56 Å². The van der Waals surface area contributed by atoms with E-state index in [9.17, 15) is 17.9 Å². The smallest absolute Gasteiger partial charge is 0.302 e. The molecule has 1 aliphatic heterocycles. The third-order valence-corrected chi connectivity index (χ3v) is 6.97. The molecule has 0 aliphatic carbocycles. The normalized spacial score (nSPS) is 17.1. The van der Waals surface area contributed by atoms with Crippen molar-refractivity contribution in [3.05, 3.63) is 41.7 Å². The van der Waals surface area contributed by atoms with Crippen molar-refractivity contribution in [2.24, 2.45) is 5.92 Å². The van der Waals surface area contributed by atoms with Gasteiger partial charge in [0, 0.05) is 24.9 Å². The first-order valence-corrected chi connectivity index (χ1v) is 12.1. The summed E-state index contributed by atoms with van der Waals surface area (Å²) in [6, 6.07) is 7.29. The Bertz CT molecular complexity index is 987. The number of nitrogens with one attached hydrogen (secondary N) is 1. The summed E-state index contributed by atoms with van der Waals surface area (Å²) in [5.74, 6) is 0.453. The van der Waals surface area contributed by atoms with Crippen LogP contribution in [0.25, 0.3) is 0 Å². The van der Waals surface area contributed by atoms with Crippen molar-refractivity contribution in [1.29, 1.82) is 0 Å². The number of hydrogen-bond donors (Lipinski definition) is 3. The number of aliphatic hydroxyl groups excluding tert-OH is 2. The van der Waals surface area contributed by atoms with Gasteiger partial charge in [0.25, 0.3) is 0 Å². The summed E-state index contributed by atoms with van der Waals surface area (Å²) in [4.78, 5) is 8.51. The molecule has 1 aliphatic rings. The summed E-state index contributed by atoms with van der Waals surface area (Å²) < 4.78 is 47.5. The highest BCUT2D eigenvalue weighted by molar-refractivity contribution is 7.98. The number of thioether (sulfide) groups is 1. The van der Waals surface area contributed by atoms with Gasteiger partial charge in [-0.3, -0.25) is 4.72 Å². The van der Waals surface area contributed by atoms with Crippen LogP contribution in [0.1, 0.15) is 19.4 Å². The molecule has 3 rings (SSSR count). The molecular formula is C19H25FN4O5S2. The largest absolute Gasteiger partial charge is 0.472 e. The van der Waals surface area contributed by atoms with Gasteiger partial charge in [-0.2, -0.15) is 17.7 Å².